The van der Waals surface area contributed by atoms with Crippen molar-refractivity contribution >= 4 is 12.0 Å². The Morgan fingerprint density at radius 2 is 2.00 bits per heavy atom. The van der Waals surface area contributed by atoms with Crippen LogP contribution in [0.5, 0.6) is 0 Å². The van der Waals surface area contributed by atoms with Gasteiger partial charge in [-0.25, -0.2) is 0 Å². The van der Waals surface area contributed by atoms with Crippen LogP contribution in [0.4, 0.5) is 0 Å². The highest BCUT2D eigenvalue weighted by molar-refractivity contribution is 5.91. The zero-order valence-electron chi connectivity index (χ0n) is 16.4. The van der Waals surface area contributed by atoms with Gasteiger partial charge in [-0.05, 0) is 43.4 Å². The molecule has 1 aliphatic heterocycles. The van der Waals surface area contributed by atoms with E-state index in [9.17, 15) is 4.79 Å². The summed E-state index contributed by atoms with van der Waals surface area (Å²) in [6, 6.07) is 4.00. The Bertz CT molecular complexity index is 669. The fourth-order valence-electron chi connectivity index (χ4n) is 4.70. The van der Waals surface area contributed by atoms with Crippen LogP contribution in [0.25, 0.3) is 6.08 Å². The molecule has 27 heavy (non-hydrogen) atoms. The molecule has 1 aromatic rings. The summed E-state index contributed by atoms with van der Waals surface area (Å²) >= 11 is 0. The molecule has 3 aliphatic rings. The van der Waals surface area contributed by atoms with Gasteiger partial charge in [0.2, 0.25) is 5.91 Å². The summed E-state index contributed by atoms with van der Waals surface area (Å²) < 4.78 is 11.4. The standard InChI is InChI=1S/C22H32N2O3/c1-17-15-19(17)20-7-5-18(27-20)6-8-21(25)23-16-22(9-3-2-4-10-22)24-11-13-26-14-12-24/h5-8,17,19H,2-4,9-16H2,1H3,(H,23,25)/b8-6+. The second-order valence-corrected chi connectivity index (χ2v) is 8.50. The number of carbonyl (C=O) groups is 1. The Balaban J connectivity index is 1.33. The summed E-state index contributed by atoms with van der Waals surface area (Å²) in [5.41, 5.74) is 0.103. The Kier molecular flexibility index (Phi) is 5.69. The van der Waals surface area contributed by atoms with E-state index >= 15 is 0 Å². The maximum atomic E-state index is 12.4. The molecule has 2 atom stereocenters. The van der Waals surface area contributed by atoms with Gasteiger partial charge >= 0.3 is 0 Å². The van der Waals surface area contributed by atoms with Gasteiger partial charge in [0.15, 0.2) is 0 Å². The highest BCUT2D eigenvalue weighted by Gasteiger charge is 2.39. The van der Waals surface area contributed by atoms with Crippen LogP contribution < -0.4 is 5.32 Å². The fourth-order valence-corrected chi connectivity index (χ4v) is 4.70. The molecule has 1 N–H and O–H groups in total. The number of amides is 1. The third kappa shape index (κ3) is 4.46. The predicted molar refractivity (Wildman–Crippen MR) is 105 cm³/mol. The summed E-state index contributed by atoms with van der Waals surface area (Å²) in [4.78, 5) is 15.0. The largest absolute Gasteiger partial charge is 0.461 e. The molecule has 3 fully saturated rings. The molecule has 1 saturated heterocycles. The Morgan fingerprint density at radius 3 is 2.70 bits per heavy atom. The van der Waals surface area contributed by atoms with Crippen molar-refractivity contribution in [1.29, 1.82) is 0 Å². The minimum atomic E-state index is -0.0362. The van der Waals surface area contributed by atoms with Gasteiger partial charge < -0.3 is 14.5 Å². The van der Waals surface area contributed by atoms with Crippen LogP contribution in [-0.4, -0.2) is 49.2 Å². The van der Waals surface area contributed by atoms with Crippen LogP contribution >= 0.6 is 0 Å². The van der Waals surface area contributed by atoms with Crippen LogP contribution in [0, 0.1) is 5.92 Å². The van der Waals surface area contributed by atoms with Gasteiger partial charge in [-0.15, -0.1) is 0 Å². The second kappa shape index (κ2) is 8.19. The number of hydrogen-bond donors (Lipinski definition) is 1. The first kappa shape index (κ1) is 18.8. The Morgan fingerprint density at radius 1 is 1.26 bits per heavy atom. The van der Waals surface area contributed by atoms with Gasteiger partial charge in [0, 0.05) is 37.2 Å². The molecular weight excluding hydrogens is 340 g/mol. The molecule has 5 heteroatoms. The van der Waals surface area contributed by atoms with E-state index in [0.29, 0.717) is 5.92 Å². The van der Waals surface area contributed by atoms with Gasteiger partial charge in [0.05, 0.1) is 13.2 Å². The Hall–Kier alpha value is -1.59. The minimum Gasteiger partial charge on any atom is -0.461 e. The van der Waals surface area contributed by atoms with Crippen LogP contribution in [0.2, 0.25) is 0 Å². The second-order valence-electron chi connectivity index (χ2n) is 8.50. The maximum absolute atomic E-state index is 12.4. The number of carbonyl (C=O) groups excluding carboxylic acids is 1. The number of ether oxygens (including phenoxy) is 1. The number of morpholine rings is 1. The lowest BCUT2D eigenvalue weighted by atomic mass is 9.79. The van der Waals surface area contributed by atoms with E-state index in [-0.39, 0.29) is 11.4 Å². The van der Waals surface area contributed by atoms with Crippen molar-refractivity contribution in [3.63, 3.8) is 0 Å². The first-order valence-corrected chi connectivity index (χ1v) is 10.5. The molecule has 2 saturated carbocycles. The van der Waals surface area contributed by atoms with Crippen LogP contribution in [0.15, 0.2) is 22.6 Å². The summed E-state index contributed by atoms with van der Waals surface area (Å²) in [6.45, 7) is 6.51. The summed E-state index contributed by atoms with van der Waals surface area (Å²) in [5, 5.41) is 3.16. The molecule has 0 spiro atoms. The van der Waals surface area contributed by atoms with Crippen LogP contribution in [0.3, 0.4) is 0 Å². The zero-order chi connectivity index (χ0) is 18.7. The molecule has 148 valence electrons. The Labute approximate surface area is 162 Å². The van der Waals surface area contributed by atoms with E-state index in [0.717, 1.165) is 63.1 Å². The van der Waals surface area contributed by atoms with Crippen molar-refractivity contribution in [3.05, 3.63) is 29.7 Å². The highest BCUT2D eigenvalue weighted by Crippen LogP contribution is 2.47. The van der Waals surface area contributed by atoms with Crippen molar-refractivity contribution in [1.82, 2.24) is 10.2 Å². The van der Waals surface area contributed by atoms with Crippen molar-refractivity contribution in [2.24, 2.45) is 5.92 Å². The molecule has 2 heterocycles. The van der Waals surface area contributed by atoms with Gasteiger partial charge in [-0.3, -0.25) is 9.69 Å². The average molecular weight is 373 g/mol. The normalized spacial score (nSPS) is 28.3. The number of rotatable bonds is 6. The van der Waals surface area contributed by atoms with Gasteiger partial charge in [0.25, 0.3) is 0 Å². The molecular formula is C22H32N2O3. The molecule has 0 radical (unpaired) electrons. The van der Waals surface area contributed by atoms with E-state index in [2.05, 4.69) is 17.1 Å². The molecule has 2 aliphatic carbocycles. The lowest BCUT2D eigenvalue weighted by molar-refractivity contribution is -0.117. The summed E-state index contributed by atoms with van der Waals surface area (Å²) in [7, 11) is 0. The number of nitrogens with one attached hydrogen (secondary N) is 1. The molecule has 2 unspecified atom stereocenters. The van der Waals surface area contributed by atoms with Crippen molar-refractivity contribution < 1.29 is 13.9 Å². The number of hydrogen-bond acceptors (Lipinski definition) is 4. The van der Waals surface area contributed by atoms with Gasteiger partial charge in [-0.2, -0.15) is 0 Å². The number of furan rings is 1. The SMILES string of the molecule is CC1CC1c1ccc(/C=C/C(=O)NCC2(N3CCOCC3)CCCCC2)o1. The third-order valence-corrected chi connectivity index (χ3v) is 6.58. The first-order chi connectivity index (χ1) is 13.2. The van der Waals surface area contributed by atoms with Crippen molar-refractivity contribution in [3.8, 4) is 0 Å². The van der Waals surface area contributed by atoms with E-state index in [1.54, 1.807) is 12.2 Å². The topological polar surface area (TPSA) is 54.7 Å². The molecule has 1 aromatic heterocycles. The smallest absolute Gasteiger partial charge is 0.244 e. The summed E-state index contributed by atoms with van der Waals surface area (Å²) in [6.07, 6.45) is 10.7. The van der Waals surface area contributed by atoms with E-state index in [1.807, 2.05) is 12.1 Å². The monoisotopic (exact) mass is 372 g/mol. The minimum absolute atomic E-state index is 0.0362. The maximum Gasteiger partial charge on any atom is 0.244 e. The van der Waals surface area contributed by atoms with Gasteiger partial charge in [0.1, 0.15) is 11.5 Å². The predicted octanol–water partition coefficient (Wildman–Crippen LogP) is 3.57. The van der Waals surface area contributed by atoms with Crippen LogP contribution in [0.1, 0.15) is 62.9 Å². The molecule has 5 nitrogen and oxygen atoms in total. The fraction of sp³-hybridized carbons (Fsp3) is 0.682. The third-order valence-electron chi connectivity index (χ3n) is 6.58. The lowest BCUT2D eigenvalue weighted by Gasteiger charge is -2.48. The van der Waals surface area contributed by atoms with Crippen molar-refractivity contribution in [2.45, 2.75) is 56.9 Å². The van der Waals surface area contributed by atoms with Crippen molar-refractivity contribution in [2.75, 3.05) is 32.8 Å². The number of nitrogens with zero attached hydrogens (tertiary/aromatic N) is 1. The lowest BCUT2D eigenvalue weighted by Crippen LogP contribution is -2.59. The molecule has 0 aromatic carbocycles. The van der Waals surface area contributed by atoms with E-state index in [1.165, 1.54) is 25.7 Å². The quantitative estimate of drug-likeness (QED) is 0.776. The molecule has 0 bridgehead atoms. The van der Waals surface area contributed by atoms with Crippen LogP contribution in [-0.2, 0) is 9.53 Å². The molecule has 4 rings (SSSR count). The molecule has 1 amide bonds. The highest BCUT2D eigenvalue weighted by atomic mass is 16.5. The zero-order valence-corrected chi connectivity index (χ0v) is 16.4. The van der Waals surface area contributed by atoms with E-state index < -0.39 is 0 Å². The van der Waals surface area contributed by atoms with Gasteiger partial charge in [-0.1, -0.05) is 26.2 Å². The average Bonchev–Trinajstić information content (AvgIpc) is 3.26. The summed E-state index contributed by atoms with van der Waals surface area (Å²) in [5.74, 6) is 3.07. The first-order valence-electron chi connectivity index (χ1n) is 10.5. The van der Waals surface area contributed by atoms with E-state index in [4.69, 9.17) is 9.15 Å².